The van der Waals surface area contributed by atoms with Gasteiger partial charge < -0.3 is 14.6 Å². The number of aliphatic hydroxyl groups is 1. The molecule has 1 atom stereocenters. The zero-order valence-electron chi connectivity index (χ0n) is 11.5. The smallest absolute Gasteiger partial charge is 0.0487 e. The first-order valence-corrected chi connectivity index (χ1v) is 7.06. The van der Waals surface area contributed by atoms with Crippen LogP contribution in [-0.2, 0) is 15.9 Å². The summed E-state index contributed by atoms with van der Waals surface area (Å²) in [5.74, 6) is 0.223. The highest BCUT2D eigenvalue weighted by Gasteiger charge is 2.09. The Morgan fingerprint density at radius 3 is 2.79 bits per heavy atom. The largest absolute Gasteiger partial charge is 0.396 e. The van der Waals surface area contributed by atoms with Crippen LogP contribution in [0.5, 0.6) is 0 Å². The summed E-state index contributed by atoms with van der Waals surface area (Å²) >= 11 is 5.95. The molecule has 0 spiro atoms. The number of ether oxygens (including phenoxy) is 2. The van der Waals surface area contributed by atoms with Crippen molar-refractivity contribution in [3.05, 3.63) is 34.9 Å². The third kappa shape index (κ3) is 7.53. The van der Waals surface area contributed by atoms with E-state index < -0.39 is 0 Å². The summed E-state index contributed by atoms with van der Waals surface area (Å²) in [6.07, 6.45) is 2.60. The number of aliphatic hydroxyl groups excluding tert-OH is 1. The molecule has 1 aromatic rings. The molecule has 1 rings (SSSR count). The molecule has 1 unspecified atom stereocenters. The highest BCUT2D eigenvalue weighted by atomic mass is 35.5. The summed E-state index contributed by atoms with van der Waals surface area (Å²) in [6.45, 7) is 2.29. The number of benzene rings is 1. The Hall–Kier alpha value is -0.610. The highest BCUT2D eigenvalue weighted by molar-refractivity contribution is 6.30. The Labute approximate surface area is 120 Å². The van der Waals surface area contributed by atoms with E-state index in [2.05, 4.69) is 0 Å². The highest BCUT2D eigenvalue weighted by Crippen LogP contribution is 2.16. The van der Waals surface area contributed by atoms with Crippen LogP contribution in [0, 0.1) is 5.92 Å². The van der Waals surface area contributed by atoms with Gasteiger partial charge in [-0.05, 0) is 42.9 Å². The zero-order valence-corrected chi connectivity index (χ0v) is 12.2. The molecule has 19 heavy (non-hydrogen) atoms. The molecular weight excluding hydrogens is 264 g/mol. The molecule has 0 fully saturated rings. The molecule has 0 bridgehead atoms. The SMILES string of the molecule is COCCCOCCC(CO)Cc1cccc(Cl)c1. The lowest BCUT2D eigenvalue weighted by molar-refractivity contribution is 0.0857. The van der Waals surface area contributed by atoms with Gasteiger partial charge in [0.1, 0.15) is 0 Å². The second-order valence-electron chi connectivity index (χ2n) is 4.63. The third-order valence-corrected chi connectivity index (χ3v) is 3.21. The standard InChI is InChI=1S/C15H23ClO3/c1-18-7-3-8-19-9-6-14(12-17)10-13-4-2-5-15(16)11-13/h2,4-5,11,14,17H,3,6-10,12H2,1H3. The van der Waals surface area contributed by atoms with Crippen LogP contribution < -0.4 is 0 Å². The molecule has 3 nitrogen and oxygen atoms in total. The third-order valence-electron chi connectivity index (χ3n) is 2.98. The molecule has 0 heterocycles. The van der Waals surface area contributed by atoms with Crippen molar-refractivity contribution in [3.8, 4) is 0 Å². The fourth-order valence-electron chi connectivity index (χ4n) is 1.91. The molecule has 0 aliphatic carbocycles. The molecule has 0 amide bonds. The van der Waals surface area contributed by atoms with Crippen LogP contribution >= 0.6 is 11.6 Å². The van der Waals surface area contributed by atoms with E-state index in [1.54, 1.807) is 7.11 Å². The first-order valence-electron chi connectivity index (χ1n) is 6.68. The lowest BCUT2D eigenvalue weighted by atomic mass is 9.97. The minimum atomic E-state index is 0.175. The van der Waals surface area contributed by atoms with Gasteiger partial charge in [-0.15, -0.1) is 0 Å². The second-order valence-corrected chi connectivity index (χ2v) is 5.07. The molecule has 108 valence electrons. The molecule has 0 aliphatic heterocycles. The summed E-state index contributed by atoms with van der Waals surface area (Å²) in [6, 6.07) is 7.78. The van der Waals surface area contributed by atoms with E-state index in [1.807, 2.05) is 24.3 Å². The quantitative estimate of drug-likeness (QED) is 0.672. The molecule has 0 saturated carbocycles. The Balaban J connectivity index is 2.22. The van der Waals surface area contributed by atoms with Gasteiger partial charge in [-0.2, -0.15) is 0 Å². The van der Waals surface area contributed by atoms with Crippen molar-refractivity contribution in [1.29, 1.82) is 0 Å². The van der Waals surface area contributed by atoms with E-state index >= 15 is 0 Å². The van der Waals surface area contributed by atoms with Gasteiger partial charge in [-0.25, -0.2) is 0 Å². The first-order chi connectivity index (χ1) is 9.26. The van der Waals surface area contributed by atoms with Gasteiger partial charge in [-0.3, -0.25) is 0 Å². The number of rotatable bonds is 10. The van der Waals surface area contributed by atoms with Crippen molar-refractivity contribution in [2.75, 3.05) is 33.5 Å². The Bertz CT molecular complexity index is 344. The van der Waals surface area contributed by atoms with Gasteiger partial charge in [0, 0.05) is 38.6 Å². The zero-order chi connectivity index (χ0) is 13.9. The minimum Gasteiger partial charge on any atom is -0.396 e. The maximum Gasteiger partial charge on any atom is 0.0487 e. The van der Waals surface area contributed by atoms with Crippen molar-refractivity contribution in [2.45, 2.75) is 19.3 Å². The van der Waals surface area contributed by atoms with Crippen molar-refractivity contribution < 1.29 is 14.6 Å². The molecule has 1 aromatic carbocycles. The number of methoxy groups -OCH3 is 1. The lowest BCUT2D eigenvalue weighted by Gasteiger charge is -2.14. The van der Waals surface area contributed by atoms with E-state index in [9.17, 15) is 5.11 Å². The molecule has 0 aliphatic rings. The van der Waals surface area contributed by atoms with E-state index in [-0.39, 0.29) is 12.5 Å². The number of halogens is 1. The molecule has 0 aromatic heterocycles. The summed E-state index contributed by atoms with van der Waals surface area (Å²) in [5, 5.41) is 10.1. The van der Waals surface area contributed by atoms with Crippen molar-refractivity contribution in [3.63, 3.8) is 0 Å². The average molecular weight is 287 g/mol. The Morgan fingerprint density at radius 2 is 2.11 bits per heavy atom. The molecular formula is C15H23ClO3. The molecule has 4 heteroatoms. The van der Waals surface area contributed by atoms with Gasteiger partial charge >= 0.3 is 0 Å². The fourth-order valence-corrected chi connectivity index (χ4v) is 2.13. The van der Waals surface area contributed by atoms with Crippen LogP contribution in [-0.4, -0.2) is 38.6 Å². The van der Waals surface area contributed by atoms with Crippen LogP contribution in [0.1, 0.15) is 18.4 Å². The van der Waals surface area contributed by atoms with Gasteiger partial charge in [0.15, 0.2) is 0 Å². The Morgan fingerprint density at radius 1 is 1.26 bits per heavy atom. The topological polar surface area (TPSA) is 38.7 Å². The van der Waals surface area contributed by atoms with E-state index in [1.165, 1.54) is 0 Å². The summed E-state index contributed by atoms with van der Waals surface area (Å²) < 4.78 is 10.5. The minimum absolute atomic E-state index is 0.175. The second kappa shape index (κ2) is 10.2. The first kappa shape index (κ1) is 16.4. The van der Waals surface area contributed by atoms with Gasteiger partial charge in [0.2, 0.25) is 0 Å². The summed E-state index contributed by atoms with van der Waals surface area (Å²) in [4.78, 5) is 0. The van der Waals surface area contributed by atoms with Gasteiger partial charge in [0.25, 0.3) is 0 Å². The summed E-state index contributed by atoms with van der Waals surface area (Å²) in [7, 11) is 1.69. The van der Waals surface area contributed by atoms with Crippen molar-refractivity contribution in [1.82, 2.24) is 0 Å². The molecule has 0 saturated heterocycles. The summed E-state index contributed by atoms with van der Waals surface area (Å²) in [5.41, 5.74) is 1.16. The maximum atomic E-state index is 9.39. The van der Waals surface area contributed by atoms with Crippen molar-refractivity contribution in [2.24, 2.45) is 5.92 Å². The van der Waals surface area contributed by atoms with E-state index in [0.717, 1.165) is 36.5 Å². The van der Waals surface area contributed by atoms with E-state index in [0.29, 0.717) is 13.2 Å². The number of hydrogen-bond acceptors (Lipinski definition) is 3. The molecule has 1 N–H and O–H groups in total. The normalized spacial score (nSPS) is 12.6. The van der Waals surface area contributed by atoms with Crippen LogP contribution in [0.25, 0.3) is 0 Å². The maximum absolute atomic E-state index is 9.39. The van der Waals surface area contributed by atoms with Crippen LogP contribution in [0.2, 0.25) is 5.02 Å². The predicted molar refractivity (Wildman–Crippen MR) is 77.7 cm³/mol. The predicted octanol–water partition coefficient (Wildman–Crippen LogP) is 2.93. The van der Waals surface area contributed by atoms with Crippen LogP contribution in [0.15, 0.2) is 24.3 Å². The van der Waals surface area contributed by atoms with Crippen LogP contribution in [0.4, 0.5) is 0 Å². The average Bonchev–Trinajstić information content (AvgIpc) is 2.41. The van der Waals surface area contributed by atoms with Crippen molar-refractivity contribution >= 4 is 11.6 Å². The van der Waals surface area contributed by atoms with E-state index in [4.69, 9.17) is 21.1 Å². The van der Waals surface area contributed by atoms with Crippen LogP contribution in [0.3, 0.4) is 0 Å². The monoisotopic (exact) mass is 286 g/mol. The lowest BCUT2D eigenvalue weighted by Crippen LogP contribution is -2.13. The van der Waals surface area contributed by atoms with Gasteiger partial charge in [-0.1, -0.05) is 23.7 Å². The van der Waals surface area contributed by atoms with Gasteiger partial charge in [0.05, 0.1) is 0 Å². The number of hydrogen-bond donors (Lipinski definition) is 1. The molecule has 0 radical (unpaired) electrons. The fraction of sp³-hybridized carbons (Fsp3) is 0.600. The Kier molecular flexibility index (Phi) is 8.84.